The first kappa shape index (κ1) is 24.6. The van der Waals surface area contributed by atoms with Gasteiger partial charge in [0.05, 0.1) is 0 Å². The third-order valence-electron chi connectivity index (χ3n) is 9.51. The highest BCUT2D eigenvalue weighted by atomic mass is 15.2. The number of fused-ring (bicyclic) bond motifs is 4. The van der Waals surface area contributed by atoms with Crippen molar-refractivity contribution in [3.63, 3.8) is 0 Å². The van der Waals surface area contributed by atoms with Crippen LogP contribution in [0.3, 0.4) is 0 Å². The average Bonchev–Trinajstić information content (AvgIpc) is 3.02. The first-order chi connectivity index (χ1) is 20.2. The molecule has 2 aliphatic heterocycles. The summed E-state index contributed by atoms with van der Waals surface area (Å²) in [5, 5.41) is 0. The van der Waals surface area contributed by atoms with E-state index in [0.29, 0.717) is 5.92 Å². The molecule has 5 aromatic carbocycles. The van der Waals surface area contributed by atoms with E-state index in [1.54, 1.807) is 0 Å². The Morgan fingerprint density at radius 1 is 0.537 bits per heavy atom. The summed E-state index contributed by atoms with van der Waals surface area (Å²) in [4.78, 5) is 5.09. The van der Waals surface area contributed by atoms with Crippen molar-refractivity contribution in [3.05, 3.63) is 126 Å². The van der Waals surface area contributed by atoms with Crippen LogP contribution in [-0.2, 0) is 0 Å². The number of rotatable bonds is 3. The maximum absolute atomic E-state index is 2.56. The van der Waals surface area contributed by atoms with E-state index in [4.69, 9.17) is 0 Å². The van der Waals surface area contributed by atoms with Gasteiger partial charge in [0.1, 0.15) is 0 Å². The van der Waals surface area contributed by atoms with E-state index < -0.39 is 0 Å². The molecule has 0 unspecified atom stereocenters. The third kappa shape index (κ3) is 3.94. The molecule has 0 saturated heterocycles. The van der Waals surface area contributed by atoms with E-state index in [0.717, 1.165) is 0 Å². The minimum atomic E-state index is 0.186. The first-order valence-corrected chi connectivity index (χ1v) is 15.3. The Morgan fingerprint density at radius 2 is 1.12 bits per heavy atom. The van der Waals surface area contributed by atoms with Gasteiger partial charge in [-0.3, -0.25) is 0 Å². The molecule has 0 radical (unpaired) electrons. The lowest BCUT2D eigenvalue weighted by molar-refractivity contribution is 0.444. The van der Waals surface area contributed by atoms with E-state index >= 15 is 0 Å². The largest absolute Gasteiger partial charge is 0.311 e. The molecule has 200 valence electrons. The van der Waals surface area contributed by atoms with Gasteiger partial charge < -0.3 is 9.80 Å². The second-order valence-electron chi connectivity index (χ2n) is 12.2. The van der Waals surface area contributed by atoms with Gasteiger partial charge in [-0.2, -0.15) is 0 Å². The molecule has 1 fully saturated rings. The van der Waals surface area contributed by atoms with Crippen LogP contribution in [0.2, 0.25) is 0 Å². The van der Waals surface area contributed by atoms with Crippen molar-refractivity contribution >= 4 is 57.2 Å². The maximum atomic E-state index is 2.56. The van der Waals surface area contributed by atoms with Crippen molar-refractivity contribution in [2.24, 2.45) is 0 Å². The Bertz CT molecular complexity index is 1760. The maximum Gasteiger partial charge on any atom is 0.252 e. The summed E-state index contributed by atoms with van der Waals surface area (Å²) in [5.74, 6) is 0.609. The predicted octanol–water partition coefficient (Wildman–Crippen LogP) is 8.43. The van der Waals surface area contributed by atoms with Crippen LogP contribution in [0.25, 0.3) is 0 Å². The molecule has 0 aromatic heterocycles. The monoisotopic (exact) mass is 530 g/mol. The van der Waals surface area contributed by atoms with Crippen molar-refractivity contribution in [1.82, 2.24) is 0 Å². The fourth-order valence-corrected chi connectivity index (χ4v) is 7.63. The molecule has 0 atom stereocenters. The van der Waals surface area contributed by atoms with E-state index in [-0.39, 0.29) is 6.71 Å². The van der Waals surface area contributed by atoms with Crippen molar-refractivity contribution < 1.29 is 0 Å². The second kappa shape index (κ2) is 9.70. The van der Waals surface area contributed by atoms with Gasteiger partial charge in [0.25, 0.3) is 6.71 Å². The number of para-hydroxylation sites is 2. The molecule has 1 saturated carbocycles. The smallest absolute Gasteiger partial charge is 0.252 e. The topological polar surface area (TPSA) is 6.48 Å². The Balaban J connectivity index is 1.49. The molecule has 3 aliphatic rings. The van der Waals surface area contributed by atoms with Gasteiger partial charge in [0.2, 0.25) is 0 Å². The molecule has 5 aromatic rings. The number of anilines is 6. The Labute approximate surface area is 244 Å². The fourth-order valence-electron chi connectivity index (χ4n) is 7.63. The van der Waals surface area contributed by atoms with Gasteiger partial charge in [-0.15, -0.1) is 0 Å². The zero-order valence-electron chi connectivity index (χ0n) is 24.0. The van der Waals surface area contributed by atoms with Crippen LogP contribution >= 0.6 is 0 Å². The van der Waals surface area contributed by atoms with Crippen LogP contribution in [0, 0.1) is 13.8 Å². The van der Waals surface area contributed by atoms with Crippen molar-refractivity contribution in [3.8, 4) is 0 Å². The Kier molecular flexibility index (Phi) is 5.81. The van der Waals surface area contributed by atoms with Crippen LogP contribution in [0.15, 0.2) is 109 Å². The molecule has 0 amide bonds. The van der Waals surface area contributed by atoms with Gasteiger partial charge in [-0.25, -0.2) is 0 Å². The number of nitrogens with zero attached hydrogens (tertiary/aromatic N) is 2. The second-order valence-corrected chi connectivity index (χ2v) is 12.2. The Hall–Kier alpha value is -4.24. The zero-order chi connectivity index (χ0) is 27.5. The van der Waals surface area contributed by atoms with Crippen LogP contribution in [0.1, 0.15) is 54.7 Å². The van der Waals surface area contributed by atoms with Gasteiger partial charge >= 0.3 is 0 Å². The quantitative estimate of drug-likeness (QED) is 0.212. The Morgan fingerprint density at radius 3 is 1.78 bits per heavy atom. The van der Waals surface area contributed by atoms with Gasteiger partial charge in [-0.1, -0.05) is 85.5 Å². The summed E-state index contributed by atoms with van der Waals surface area (Å²) >= 11 is 0. The van der Waals surface area contributed by atoms with Crippen LogP contribution in [0.4, 0.5) is 34.1 Å². The van der Waals surface area contributed by atoms with E-state index in [2.05, 4.69) is 133 Å². The summed E-state index contributed by atoms with van der Waals surface area (Å²) in [5.41, 5.74) is 16.0. The number of aryl methyl sites for hydroxylation is 2. The number of hydrogen-bond acceptors (Lipinski definition) is 2. The zero-order valence-corrected chi connectivity index (χ0v) is 24.0. The van der Waals surface area contributed by atoms with E-state index in [9.17, 15) is 0 Å². The highest BCUT2D eigenvalue weighted by Gasteiger charge is 2.43. The molecule has 1 aliphatic carbocycles. The standard InChI is InChI=1S/C38H35BN2/c1-26-19-21-34-33(22-26)39-32-20-18-27(2)23-35(32)41(31-16-10-5-11-17-31)37-25-29(28-12-6-3-7-13-28)24-36(38(37)39)40(34)30-14-8-4-9-15-30/h4-5,8-11,14-25,28H,3,6-7,12-13H2,1-2H3. The van der Waals surface area contributed by atoms with E-state index in [1.807, 2.05) is 0 Å². The van der Waals surface area contributed by atoms with Crippen LogP contribution < -0.4 is 26.2 Å². The molecule has 41 heavy (non-hydrogen) atoms. The normalized spacial score (nSPS) is 15.8. The summed E-state index contributed by atoms with van der Waals surface area (Å²) < 4.78 is 0. The van der Waals surface area contributed by atoms with E-state index in [1.165, 1.54) is 99.3 Å². The minimum Gasteiger partial charge on any atom is -0.311 e. The molecule has 0 spiro atoms. The summed E-state index contributed by atoms with van der Waals surface area (Å²) in [6, 6.07) is 41.2. The minimum absolute atomic E-state index is 0.186. The van der Waals surface area contributed by atoms with Crippen LogP contribution in [0.5, 0.6) is 0 Å². The molecule has 2 heterocycles. The summed E-state index contributed by atoms with van der Waals surface area (Å²) in [6.07, 6.45) is 6.58. The van der Waals surface area contributed by atoms with Crippen molar-refractivity contribution in [2.45, 2.75) is 51.9 Å². The average molecular weight is 531 g/mol. The molecule has 0 N–H and O–H groups in total. The highest BCUT2D eigenvalue weighted by Crippen LogP contribution is 2.46. The molecule has 8 rings (SSSR count). The van der Waals surface area contributed by atoms with Gasteiger partial charge in [0, 0.05) is 34.1 Å². The third-order valence-corrected chi connectivity index (χ3v) is 9.51. The number of benzene rings is 5. The van der Waals surface area contributed by atoms with Crippen molar-refractivity contribution in [1.29, 1.82) is 0 Å². The van der Waals surface area contributed by atoms with Crippen molar-refractivity contribution in [2.75, 3.05) is 9.80 Å². The lowest BCUT2D eigenvalue weighted by atomic mass is 9.33. The molecular weight excluding hydrogens is 495 g/mol. The first-order valence-electron chi connectivity index (χ1n) is 15.3. The molecule has 0 bridgehead atoms. The van der Waals surface area contributed by atoms with Gasteiger partial charge in [-0.05, 0) is 109 Å². The lowest BCUT2D eigenvalue weighted by Gasteiger charge is -2.45. The molecular formula is C38H35BN2. The summed E-state index contributed by atoms with van der Waals surface area (Å²) in [6.45, 7) is 4.63. The fraction of sp³-hybridized carbons (Fsp3) is 0.211. The molecule has 3 heteroatoms. The molecule has 2 nitrogen and oxygen atoms in total. The SMILES string of the molecule is Cc1ccc2c(c1)B1c3ccc(C)cc3N(c3ccccc3)c3cc(C4CCCCC4)cc(c31)N2c1ccccc1. The summed E-state index contributed by atoms with van der Waals surface area (Å²) in [7, 11) is 0. The highest BCUT2D eigenvalue weighted by molar-refractivity contribution is 7.00. The lowest BCUT2D eigenvalue weighted by Crippen LogP contribution is -2.61. The number of hydrogen-bond donors (Lipinski definition) is 0. The van der Waals surface area contributed by atoms with Crippen LogP contribution in [-0.4, -0.2) is 6.71 Å². The van der Waals surface area contributed by atoms with Gasteiger partial charge in [0.15, 0.2) is 0 Å². The predicted molar refractivity (Wildman–Crippen MR) is 176 cm³/mol.